The van der Waals surface area contributed by atoms with Gasteiger partial charge in [0.1, 0.15) is 6.61 Å². The number of piperidine rings is 1. The highest BCUT2D eigenvalue weighted by Gasteiger charge is 2.35. The Morgan fingerprint density at radius 2 is 2.32 bits per heavy atom. The van der Waals surface area contributed by atoms with E-state index in [1.165, 1.54) is 0 Å². The molecular weight excluding hydrogens is 246 g/mol. The van der Waals surface area contributed by atoms with Crippen LogP contribution in [0.15, 0.2) is 4.52 Å². The predicted molar refractivity (Wildman–Crippen MR) is 66.2 cm³/mol. The number of nitrogens with zero attached hydrogens (tertiary/aromatic N) is 3. The first-order chi connectivity index (χ1) is 9.22. The van der Waals surface area contributed by atoms with Gasteiger partial charge in [-0.3, -0.25) is 4.79 Å². The Kier molecular flexibility index (Phi) is 3.50. The predicted octanol–water partition coefficient (Wildman–Crippen LogP) is 1.30. The molecule has 0 aromatic carbocycles. The molecular formula is C13H19N3O3. The lowest BCUT2D eigenvalue weighted by Gasteiger charge is -2.32. The second kappa shape index (κ2) is 5.28. The number of likely N-dealkylation sites (tertiary alicyclic amines) is 1. The molecule has 6 heteroatoms. The van der Waals surface area contributed by atoms with Gasteiger partial charge in [-0.05, 0) is 25.7 Å². The molecule has 19 heavy (non-hydrogen) atoms. The molecule has 2 aliphatic rings. The van der Waals surface area contributed by atoms with Gasteiger partial charge in [-0.2, -0.15) is 4.98 Å². The third-order valence-electron chi connectivity index (χ3n) is 3.63. The molecule has 104 valence electrons. The van der Waals surface area contributed by atoms with E-state index in [1.807, 2.05) is 4.90 Å². The molecule has 1 atom stereocenters. The van der Waals surface area contributed by atoms with Crippen molar-refractivity contribution in [3.63, 3.8) is 0 Å². The van der Waals surface area contributed by atoms with Gasteiger partial charge in [-0.25, -0.2) is 0 Å². The fourth-order valence-electron chi connectivity index (χ4n) is 2.46. The van der Waals surface area contributed by atoms with Gasteiger partial charge in [-0.15, -0.1) is 0 Å². The minimum absolute atomic E-state index is 0.0928. The Balaban J connectivity index is 1.49. The zero-order valence-electron chi connectivity index (χ0n) is 11.2. The largest absolute Gasteiger partial charge is 0.368 e. The third-order valence-corrected chi connectivity index (χ3v) is 3.63. The summed E-state index contributed by atoms with van der Waals surface area (Å²) in [6, 6.07) is 0. The minimum Gasteiger partial charge on any atom is -0.368 e. The molecule has 1 saturated heterocycles. The molecule has 6 nitrogen and oxygen atoms in total. The topological polar surface area (TPSA) is 68.5 Å². The summed E-state index contributed by atoms with van der Waals surface area (Å²) in [5.74, 6) is 1.72. The van der Waals surface area contributed by atoms with Crippen LogP contribution in [0.4, 0.5) is 0 Å². The lowest BCUT2D eigenvalue weighted by atomic mass is 10.1. The second-order valence-electron chi connectivity index (χ2n) is 5.36. The second-order valence-corrected chi connectivity index (χ2v) is 5.36. The van der Waals surface area contributed by atoms with Crippen LogP contribution in [-0.4, -0.2) is 40.1 Å². The fraction of sp³-hybridized carbons (Fsp3) is 0.769. The highest BCUT2D eigenvalue weighted by molar-refractivity contribution is 5.81. The van der Waals surface area contributed by atoms with E-state index in [-0.39, 0.29) is 6.10 Å². The van der Waals surface area contributed by atoms with Crippen molar-refractivity contribution < 1.29 is 14.1 Å². The van der Waals surface area contributed by atoms with Crippen LogP contribution in [0.5, 0.6) is 0 Å². The number of ether oxygens (including phenoxy) is 1. The smallest absolute Gasteiger partial charge is 0.225 e. The number of aromatic nitrogens is 2. The molecule has 1 aliphatic carbocycles. The summed E-state index contributed by atoms with van der Waals surface area (Å²) >= 11 is 0. The van der Waals surface area contributed by atoms with Crippen LogP contribution in [0.1, 0.15) is 37.4 Å². The van der Waals surface area contributed by atoms with Crippen LogP contribution in [-0.2, 0) is 16.1 Å². The first-order valence-electron chi connectivity index (χ1n) is 6.92. The van der Waals surface area contributed by atoms with Crippen LogP contribution in [0.3, 0.4) is 0 Å². The highest BCUT2D eigenvalue weighted by Crippen LogP contribution is 2.32. The molecule has 1 aromatic heterocycles. The van der Waals surface area contributed by atoms with Crippen LogP contribution in [0.2, 0.25) is 0 Å². The van der Waals surface area contributed by atoms with Gasteiger partial charge in [0, 0.05) is 25.9 Å². The Labute approximate surface area is 112 Å². The monoisotopic (exact) mass is 265 g/mol. The van der Waals surface area contributed by atoms with Gasteiger partial charge in [-0.1, -0.05) is 5.16 Å². The van der Waals surface area contributed by atoms with Crippen molar-refractivity contribution in [3.8, 4) is 0 Å². The molecule has 1 amide bonds. The first kappa shape index (κ1) is 12.6. The molecule has 0 N–H and O–H groups in total. The first-order valence-corrected chi connectivity index (χ1v) is 6.92. The van der Waals surface area contributed by atoms with E-state index in [0.29, 0.717) is 36.7 Å². The van der Waals surface area contributed by atoms with E-state index >= 15 is 0 Å². The van der Waals surface area contributed by atoms with E-state index in [9.17, 15) is 4.79 Å². The number of carbonyl (C=O) groups excluding carboxylic acids is 1. The lowest BCUT2D eigenvalue weighted by molar-refractivity contribution is -0.137. The fourth-order valence-corrected chi connectivity index (χ4v) is 2.46. The third kappa shape index (κ3) is 3.12. The van der Waals surface area contributed by atoms with E-state index in [0.717, 1.165) is 32.2 Å². The van der Waals surface area contributed by atoms with Gasteiger partial charge in [0.2, 0.25) is 11.8 Å². The number of hydrogen-bond donors (Lipinski definition) is 0. The number of rotatable bonds is 4. The van der Waals surface area contributed by atoms with E-state index in [4.69, 9.17) is 9.26 Å². The summed E-state index contributed by atoms with van der Waals surface area (Å²) in [7, 11) is 0. The standard InChI is InChI=1S/C13H19N3O3/c1-9-14-12(15-19-9)8-18-11-3-2-6-16(7-11)13(17)10-4-5-10/h10-11H,2-8H2,1H3. The zero-order valence-corrected chi connectivity index (χ0v) is 11.2. The summed E-state index contributed by atoms with van der Waals surface area (Å²) in [5, 5.41) is 3.80. The molecule has 3 rings (SSSR count). The summed E-state index contributed by atoms with van der Waals surface area (Å²) in [4.78, 5) is 18.1. The SMILES string of the molecule is Cc1nc(COC2CCCN(C(=O)C3CC3)C2)no1. The van der Waals surface area contributed by atoms with Crippen LogP contribution >= 0.6 is 0 Å². The van der Waals surface area contributed by atoms with Crippen molar-refractivity contribution in [1.82, 2.24) is 15.0 Å². The van der Waals surface area contributed by atoms with Crippen molar-refractivity contribution in [3.05, 3.63) is 11.7 Å². The van der Waals surface area contributed by atoms with Gasteiger partial charge >= 0.3 is 0 Å². The molecule has 0 radical (unpaired) electrons. The van der Waals surface area contributed by atoms with Crippen molar-refractivity contribution in [2.75, 3.05) is 13.1 Å². The Morgan fingerprint density at radius 3 is 3.00 bits per heavy atom. The summed E-state index contributed by atoms with van der Waals surface area (Å²) in [6.07, 6.45) is 4.21. The zero-order chi connectivity index (χ0) is 13.2. The van der Waals surface area contributed by atoms with E-state index in [2.05, 4.69) is 10.1 Å². The maximum atomic E-state index is 12.0. The molecule has 1 saturated carbocycles. The van der Waals surface area contributed by atoms with Gasteiger partial charge in [0.25, 0.3) is 0 Å². The normalized spacial score (nSPS) is 23.6. The highest BCUT2D eigenvalue weighted by atomic mass is 16.5. The maximum absolute atomic E-state index is 12.0. The van der Waals surface area contributed by atoms with Crippen LogP contribution in [0, 0.1) is 12.8 Å². The summed E-state index contributed by atoms with van der Waals surface area (Å²) in [6.45, 7) is 3.68. The molecule has 1 unspecified atom stereocenters. The molecule has 2 heterocycles. The lowest BCUT2D eigenvalue weighted by Crippen LogP contribution is -2.43. The molecule has 0 bridgehead atoms. The van der Waals surface area contributed by atoms with Gasteiger partial charge in [0.15, 0.2) is 5.82 Å². The molecule has 1 aliphatic heterocycles. The average Bonchev–Trinajstić information content (AvgIpc) is 3.19. The maximum Gasteiger partial charge on any atom is 0.225 e. The summed E-state index contributed by atoms with van der Waals surface area (Å²) < 4.78 is 10.7. The Morgan fingerprint density at radius 1 is 1.47 bits per heavy atom. The van der Waals surface area contributed by atoms with Crippen LogP contribution in [0.25, 0.3) is 0 Å². The van der Waals surface area contributed by atoms with E-state index < -0.39 is 0 Å². The molecule has 1 aromatic rings. The minimum atomic E-state index is 0.0928. The molecule has 2 fully saturated rings. The average molecular weight is 265 g/mol. The van der Waals surface area contributed by atoms with E-state index in [1.54, 1.807) is 6.92 Å². The van der Waals surface area contributed by atoms with Crippen LogP contribution < -0.4 is 0 Å². The van der Waals surface area contributed by atoms with Crippen molar-refractivity contribution in [2.45, 2.75) is 45.3 Å². The number of carbonyl (C=O) groups is 1. The number of aryl methyl sites for hydroxylation is 1. The van der Waals surface area contributed by atoms with Crippen molar-refractivity contribution in [1.29, 1.82) is 0 Å². The quantitative estimate of drug-likeness (QED) is 0.820. The van der Waals surface area contributed by atoms with Crippen molar-refractivity contribution >= 4 is 5.91 Å². The van der Waals surface area contributed by atoms with Gasteiger partial charge < -0.3 is 14.2 Å². The molecule has 0 spiro atoms. The number of hydrogen-bond acceptors (Lipinski definition) is 5. The Bertz CT molecular complexity index is 456. The summed E-state index contributed by atoms with van der Waals surface area (Å²) in [5.41, 5.74) is 0. The number of amides is 1. The Hall–Kier alpha value is -1.43. The van der Waals surface area contributed by atoms with Crippen molar-refractivity contribution in [2.24, 2.45) is 5.92 Å². The van der Waals surface area contributed by atoms with Gasteiger partial charge in [0.05, 0.1) is 6.10 Å².